The third-order valence-corrected chi connectivity index (χ3v) is 2.98. The second-order valence-electron chi connectivity index (χ2n) is 3.41. The lowest BCUT2D eigenvalue weighted by molar-refractivity contribution is 0.627. The zero-order valence-electron chi connectivity index (χ0n) is 8.60. The average molecular weight is 292 g/mol. The first-order valence-corrected chi connectivity index (χ1v) is 6.26. The molecule has 1 aromatic rings. The molecule has 0 unspecified atom stereocenters. The van der Waals surface area contributed by atoms with Crippen LogP contribution in [0.3, 0.4) is 0 Å². The smallest absolute Gasteiger partial charge is 0.0462 e. The van der Waals surface area contributed by atoms with Crippen molar-refractivity contribution in [1.82, 2.24) is 5.32 Å². The summed E-state index contributed by atoms with van der Waals surface area (Å²) in [6.07, 6.45) is 2.19. The Balaban J connectivity index is 2.31. The van der Waals surface area contributed by atoms with Gasteiger partial charge in [-0.05, 0) is 43.6 Å². The molecule has 0 amide bonds. The molecule has 0 radical (unpaired) electrons. The van der Waals surface area contributed by atoms with Crippen LogP contribution in [0.1, 0.15) is 18.4 Å². The lowest BCUT2D eigenvalue weighted by Crippen LogP contribution is -2.16. The van der Waals surface area contributed by atoms with Gasteiger partial charge in [-0.15, -0.1) is 0 Å². The summed E-state index contributed by atoms with van der Waals surface area (Å²) in [7, 11) is 0. The Labute approximate surface area is 104 Å². The van der Waals surface area contributed by atoms with E-state index in [1.54, 1.807) is 0 Å². The average Bonchev–Trinajstić information content (AvgIpc) is 2.20. The molecule has 0 aliphatic carbocycles. The Kier molecular flexibility index (Phi) is 6.25. The van der Waals surface area contributed by atoms with Crippen LogP contribution >= 0.6 is 27.5 Å². The molecule has 0 heterocycles. The van der Waals surface area contributed by atoms with E-state index in [1.807, 2.05) is 18.2 Å². The normalized spacial score (nSPS) is 10.6. The standard InChI is InChI=1S/C11H16BrClN2/c12-10-4-3-9(11(13)7-10)8-15-6-2-1-5-14/h3-4,7,15H,1-2,5-6,8,14H2. The summed E-state index contributed by atoms with van der Waals surface area (Å²) in [4.78, 5) is 0. The zero-order valence-corrected chi connectivity index (χ0v) is 10.9. The minimum Gasteiger partial charge on any atom is -0.330 e. The monoisotopic (exact) mass is 290 g/mol. The third kappa shape index (κ3) is 4.98. The maximum absolute atomic E-state index is 6.08. The molecular weight excluding hydrogens is 275 g/mol. The highest BCUT2D eigenvalue weighted by molar-refractivity contribution is 9.10. The van der Waals surface area contributed by atoms with Gasteiger partial charge in [0, 0.05) is 16.0 Å². The molecule has 4 heteroatoms. The van der Waals surface area contributed by atoms with Crippen LogP contribution in [0.2, 0.25) is 5.02 Å². The molecule has 0 aliphatic rings. The van der Waals surface area contributed by atoms with Crippen molar-refractivity contribution in [3.63, 3.8) is 0 Å². The Morgan fingerprint density at radius 1 is 1.33 bits per heavy atom. The van der Waals surface area contributed by atoms with Gasteiger partial charge in [-0.25, -0.2) is 0 Å². The number of hydrogen-bond acceptors (Lipinski definition) is 2. The van der Waals surface area contributed by atoms with E-state index in [1.165, 1.54) is 0 Å². The topological polar surface area (TPSA) is 38.0 Å². The highest BCUT2D eigenvalue weighted by Crippen LogP contribution is 2.20. The van der Waals surface area contributed by atoms with E-state index >= 15 is 0 Å². The van der Waals surface area contributed by atoms with Crippen molar-refractivity contribution < 1.29 is 0 Å². The zero-order chi connectivity index (χ0) is 11.1. The fourth-order valence-corrected chi connectivity index (χ4v) is 2.02. The molecule has 0 aliphatic heterocycles. The molecule has 0 aromatic heterocycles. The minimum atomic E-state index is 0.765. The lowest BCUT2D eigenvalue weighted by atomic mass is 10.2. The van der Waals surface area contributed by atoms with E-state index in [0.29, 0.717) is 0 Å². The van der Waals surface area contributed by atoms with Gasteiger partial charge in [0.15, 0.2) is 0 Å². The molecule has 0 saturated carbocycles. The third-order valence-electron chi connectivity index (χ3n) is 2.14. The van der Waals surface area contributed by atoms with E-state index in [4.69, 9.17) is 17.3 Å². The molecule has 1 rings (SSSR count). The molecule has 15 heavy (non-hydrogen) atoms. The molecular formula is C11H16BrClN2. The first kappa shape index (κ1) is 13.0. The van der Waals surface area contributed by atoms with Gasteiger partial charge in [0.2, 0.25) is 0 Å². The Morgan fingerprint density at radius 3 is 2.80 bits per heavy atom. The minimum absolute atomic E-state index is 0.765. The van der Waals surface area contributed by atoms with Gasteiger partial charge in [0.25, 0.3) is 0 Å². The van der Waals surface area contributed by atoms with E-state index in [-0.39, 0.29) is 0 Å². The molecule has 0 fully saturated rings. The van der Waals surface area contributed by atoms with Crippen molar-refractivity contribution in [3.05, 3.63) is 33.3 Å². The van der Waals surface area contributed by atoms with Gasteiger partial charge < -0.3 is 11.1 Å². The van der Waals surface area contributed by atoms with E-state index in [2.05, 4.69) is 21.2 Å². The van der Waals surface area contributed by atoms with Gasteiger partial charge in [-0.1, -0.05) is 33.6 Å². The predicted molar refractivity (Wildman–Crippen MR) is 69.1 cm³/mol. The SMILES string of the molecule is NCCCCNCc1ccc(Br)cc1Cl. The quantitative estimate of drug-likeness (QED) is 0.791. The number of halogens is 2. The van der Waals surface area contributed by atoms with Gasteiger partial charge in [-0.2, -0.15) is 0 Å². The predicted octanol–water partition coefficient (Wildman–Crippen LogP) is 2.93. The fraction of sp³-hybridized carbons (Fsp3) is 0.455. The Morgan fingerprint density at radius 2 is 2.13 bits per heavy atom. The molecule has 84 valence electrons. The van der Waals surface area contributed by atoms with Crippen molar-refractivity contribution in [1.29, 1.82) is 0 Å². The van der Waals surface area contributed by atoms with Gasteiger partial charge >= 0.3 is 0 Å². The van der Waals surface area contributed by atoms with Crippen LogP contribution in [0.25, 0.3) is 0 Å². The van der Waals surface area contributed by atoms with Crippen molar-refractivity contribution >= 4 is 27.5 Å². The van der Waals surface area contributed by atoms with Gasteiger partial charge in [0.1, 0.15) is 0 Å². The molecule has 3 N–H and O–H groups in total. The first-order valence-electron chi connectivity index (χ1n) is 5.08. The van der Waals surface area contributed by atoms with Crippen LogP contribution in [-0.4, -0.2) is 13.1 Å². The second kappa shape index (κ2) is 7.23. The summed E-state index contributed by atoms with van der Waals surface area (Å²) < 4.78 is 1.01. The van der Waals surface area contributed by atoms with Crippen LogP contribution in [0.15, 0.2) is 22.7 Å². The number of nitrogens with one attached hydrogen (secondary N) is 1. The van der Waals surface area contributed by atoms with Crippen LogP contribution in [-0.2, 0) is 6.54 Å². The summed E-state index contributed by atoms with van der Waals surface area (Å²) in [5, 5.41) is 4.14. The fourth-order valence-electron chi connectivity index (χ4n) is 1.28. The molecule has 0 bridgehead atoms. The van der Waals surface area contributed by atoms with Crippen molar-refractivity contribution in [2.45, 2.75) is 19.4 Å². The molecule has 2 nitrogen and oxygen atoms in total. The number of benzene rings is 1. The maximum atomic E-state index is 6.08. The van der Waals surface area contributed by atoms with E-state index < -0.39 is 0 Å². The summed E-state index contributed by atoms with van der Waals surface area (Å²) in [6.45, 7) is 2.57. The number of rotatable bonds is 6. The maximum Gasteiger partial charge on any atom is 0.0462 e. The number of hydrogen-bond donors (Lipinski definition) is 2. The van der Waals surface area contributed by atoms with Crippen LogP contribution in [0.5, 0.6) is 0 Å². The van der Waals surface area contributed by atoms with Crippen molar-refractivity contribution in [2.24, 2.45) is 5.73 Å². The highest BCUT2D eigenvalue weighted by Gasteiger charge is 1.99. The highest BCUT2D eigenvalue weighted by atomic mass is 79.9. The molecule has 0 spiro atoms. The lowest BCUT2D eigenvalue weighted by Gasteiger charge is -2.06. The number of nitrogens with two attached hydrogens (primary N) is 1. The summed E-state index contributed by atoms with van der Waals surface area (Å²) >= 11 is 9.46. The van der Waals surface area contributed by atoms with Crippen molar-refractivity contribution in [3.8, 4) is 0 Å². The van der Waals surface area contributed by atoms with Crippen molar-refractivity contribution in [2.75, 3.05) is 13.1 Å². The first-order chi connectivity index (χ1) is 7.24. The summed E-state index contributed by atoms with van der Waals surface area (Å²) in [5.41, 5.74) is 6.54. The molecule has 0 atom stereocenters. The van der Waals surface area contributed by atoms with E-state index in [9.17, 15) is 0 Å². The van der Waals surface area contributed by atoms with Gasteiger partial charge in [0.05, 0.1) is 0 Å². The number of unbranched alkanes of at least 4 members (excludes halogenated alkanes) is 1. The van der Waals surface area contributed by atoms with Crippen LogP contribution in [0.4, 0.5) is 0 Å². The van der Waals surface area contributed by atoms with Crippen LogP contribution < -0.4 is 11.1 Å². The molecule has 0 saturated heterocycles. The van der Waals surface area contributed by atoms with Gasteiger partial charge in [-0.3, -0.25) is 0 Å². The Bertz CT molecular complexity index is 305. The molecule has 1 aromatic carbocycles. The van der Waals surface area contributed by atoms with E-state index in [0.717, 1.165) is 47.5 Å². The summed E-state index contributed by atoms with van der Waals surface area (Å²) in [6, 6.07) is 5.95. The summed E-state index contributed by atoms with van der Waals surface area (Å²) in [5.74, 6) is 0. The second-order valence-corrected chi connectivity index (χ2v) is 4.73. The Hall–Kier alpha value is -0.0900. The largest absolute Gasteiger partial charge is 0.330 e. The van der Waals surface area contributed by atoms with Crippen LogP contribution in [0, 0.1) is 0 Å².